The molecule has 0 saturated heterocycles. The Morgan fingerprint density at radius 3 is 2.79 bits per heavy atom. The van der Waals surface area contributed by atoms with E-state index in [4.69, 9.17) is 0 Å². The minimum atomic E-state index is -0.130. The van der Waals surface area contributed by atoms with Gasteiger partial charge in [-0.1, -0.05) is 31.4 Å². The van der Waals surface area contributed by atoms with E-state index in [-0.39, 0.29) is 11.6 Å². The zero-order valence-electron chi connectivity index (χ0n) is 14.2. The molecule has 5 heteroatoms. The predicted octanol–water partition coefficient (Wildman–Crippen LogP) is 3.01. The first-order valence-corrected chi connectivity index (χ1v) is 8.79. The summed E-state index contributed by atoms with van der Waals surface area (Å²) in [4.78, 5) is 27.0. The summed E-state index contributed by atoms with van der Waals surface area (Å²) >= 11 is 0. The van der Waals surface area contributed by atoms with Crippen LogP contribution < -0.4 is 16.2 Å². The van der Waals surface area contributed by atoms with E-state index in [1.807, 2.05) is 31.2 Å². The van der Waals surface area contributed by atoms with Gasteiger partial charge >= 0.3 is 6.03 Å². The second-order valence-corrected chi connectivity index (χ2v) is 6.70. The summed E-state index contributed by atoms with van der Waals surface area (Å²) in [7, 11) is 0. The molecule has 128 valence electrons. The molecular weight excluding hydrogens is 302 g/mol. The topological polar surface area (TPSA) is 74.0 Å². The molecule has 24 heavy (non-hydrogen) atoms. The minimum absolute atomic E-state index is 0.0809. The van der Waals surface area contributed by atoms with Crippen LogP contribution in [0.5, 0.6) is 0 Å². The van der Waals surface area contributed by atoms with E-state index in [0.29, 0.717) is 24.6 Å². The lowest BCUT2D eigenvalue weighted by atomic mass is 9.96. The molecule has 1 aliphatic rings. The Morgan fingerprint density at radius 2 is 2.00 bits per heavy atom. The van der Waals surface area contributed by atoms with Crippen LogP contribution in [0, 0.1) is 6.92 Å². The lowest BCUT2D eigenvalue weighted by molar-refractivity contribution is 0.233. The third kappa shape index (κ3) is 4.16. The number of urea groups is 1. The minimum Gasteiger partial charge on any atom is -0.338 e. The predicted molar refractivity (Wildman–Crippen MR) is 96.4 cm³/mol. The number of hydrogen-bond donors (Lipinski definition) is 3. The SMILES string of the molecule is Cc1ccc2cc(CCNC(=O)NC3CCCCC3)c(=O)[nH]c2c1. The first-order chi connectivity index (χ1) is 11.6. The van der Waals surface area contributed by atoms with Gasteiger partial charge in [-0.2, -0.15) is 0 Å². The standard InChI is InChI=1S/C19H25N3O2/c1-13-7-8-14-12-15(18(23)22-17(14)11-13)9-10-20-19(24)21-16-5-3-2-4-6-16/h7-8,11-12,16H,2-6,9-10H2,1H3,(H,22,23)(H2,20,21,24). The molecule has 0 radical (unpaired) electrons. The third-order valence-corrected chi connectivity index (χ3v) is 4.70. The van der Waals surface area contributed by atoms with Crippen molar-refractivity contribution in [1.29, 1.82) is 0 Å². The monoisotopic (exact) mass is 327 g/mol. The van der Waals surface area contributed by atoms with Gasteiger partial charge in [-0.15, -0.1) is 0 Å². The molecule has 1 fully saturated rings. The molecule has 3 rings (SSSR count). The van der Waals surface area contributed by atoms with Gasteiger partial charge in [-0.25, -0.2) is 4.79 Å². The number of nitrogens with one attached hydrogen (secondary N) is 3. The van der Waals surface area contributed by atoms with Crippen molar-refractivity contribution in [1.82, 2.24) is 15.6 Å². The highest BCUT2D eigenvalue weighted by atomic mass is 16.2. The van der Waals surface area contributed by atoms with Gasteiger partial charge in [0.2, 0.25) is 0 Å². The second-order valence-electron chi connectivity index (χ2n) is 6.70. The van der Waals surface area contributed by atoms with Crippen LogP contribution in [0.15, 0.2) is 29.1 Å². The molecular formula is C19H25N3O2. The van der Waals surface area contributed by atoms with Crippen LogP contribution in [0.2, 0.25) is 0 Å². The fraction of sp³-hybridized carbons (Fsp3) is 0.474. The summed E-state index contributed by atoms with van der Waals surface area (Å²) in [6, 6.07) is 8.08. The number of fused-ring (bicyclic) bond motifs is 1. The Kier molecular flexibility index (Phi) is 5.18. The molecule has 2 aromatic rings. The van der Waals surface area contributed by atoms with Crippen LogP contribution >= 0.6 is 0 Å². The molecule has 5 nitrogen and oxygen atoms in total. The fourth-order valence-corrected chi connectivity index (χ4v) is 3.34. The van der Waals surface area contributed by atoms with Crippen LogP contribution in [0.4, 0.5) is 4.79 Å². The van der Waals surface area contributed by atoms with Gasteiger partial charge in [0, 0.05) is 23.7 Å². The Balaban J connectivity index is 1.55. The number of amides is 2. The van der Waals surface area contributed by atoms with Crippen LogP contribution in [-0.4, -0.2) is 23.6 Å². The highest BCUT2D eigenvalue weighted by Gasteiger charge is 2.15. The van der Waals surface area contributed by atoms with Gasteiger partial charge in [0.05, 0.1) is 0 Å². The normalized spacial score (nSPS) is 15.4. The molecule has 2 amide bonds. The number of aromatic nitrogens is 1. The average molecular weight is 327 g/mol. The lowest BCUT2D eigenvalue weighted by Gasteiger charge is -2.22. The summed E-state index contributed by atoms with van der Waals surface area (Å²) in [5.74, 6) is 0. The molecule has 0 aliphatic heterocycles. The maximum Gasteiger partial charge on any atom is 0.315 e. The fourth-order valence-electron chi connectivity index (χ4n) is 3.34. The van der Waals surface area contributed by atoms with Crippen molar-refractivity contribution in [2.75, 3.05) is 6.54 Å². The molecule has 1 heterocycles. The number of rotatable bonds is 4. The molecule has 3 N–H and O–H groups in total. The first kappa shape index (κ1) is 16.6. The summed E-state index contributed by atoms with van der Waals surface area (Å²) in [5, 5.41) is 6.90. The molecule has 1 aromatic heterocycles. The van der Waals surface area contributed by atoms with Crippen LogP contribution in [0.25, 0.3) is 10.9 Å². The molecule has 1 aromatic carbocycles. The average Bonchev–Trinajstić information content (AvgIpc) is 2.56. The number of carbonyl (C=O) groups excluding carboxylic acids is 1. The van der Waals surface area contributed by atoms with Crippen molar-refractivity contribution in [3.8, 4) is 0 Å². The van der Waals surface area contributed by atoms with Gasteiger partial charge in [-0.3, -0.25) is 4.79 Å². The zero-order chi connectivity index (χ0) is 16.9. The van der Waals surface area contributed by atoms with Crippen LogP contribution in [-0.2, 0) is 6.42 Å². The van der Waals surface area contributed by atoms with Crippen LogP contribution in [0.1, 0.15) is 43.2 Å². The summed E-state index contributed by atoms with van der Waals surface area (Å²) in [6.07, 6.45) is 6.31. The highest BCUT2D eigenvalue weighted by molar-refractivity contribution is 5.79. The van der Waals surface area contributed by atoms with Gasteiger partial charge < -0.3 is 15.6 Å². The van der Waals surface area contributed by atoms with E-state index in [1.165, 1.54) is 19.3 Å². The molecule has 0 unspecified atom stereocenters. The van der Waals surface area contributed by atoms with E-state index in [2.05, 4.69) is 15.6 Å². The van der Waals surface area contributed by atoms with E-state index in [9.17, 15) is 9.59 Å². The molecule has 0 atom stereocenters. The maximum atomic E-state index is 12.2. The van der Waals surface area contributed by atoms with Crippen molar-refractivity contribution in [3.05, 3.63) is 45.7 Å². The van der Waals surface area contributed by atoms with E-state index in [0.717, 1.165) is 29.3 Å². The molecule has 1 aliphatic carbocycles. The number of hydrogen-bond acceptors (Lipinski definition) is 2. The molecule has 1 saturated carbocycles. The van der Waals surface area contributed by atoms with Crippen LogP contribution in [0.3, 0.4) is 0 Å². The van der Waals surface area contributed by atoms with E-state index >= 15 is 0 Å². The number of pyridine rings is 1. The smallest absolute Gasteiger partial charge is 0.315 e. The largest absolute Gasteiger partial charge is 0.338 e. The second kappa shape index (κ2) is 7.51. The van der Waals surface area contributed by atoms with Crippen molar-refractivity contribution in [2.24, 2.45) is 0 Å². The van der Waals surface area contributed by atoms with Gasteiger partial charge in [-0.05, 0) is 49.3 Å². The van der Waals surface area contributed by atoms with Crippen molar-refractivity contribution < 1.29 is 4.79 Å². The number of aromatic amines is 1. The zero-order valence-corrected chi connectivity index (χ0v) is 14.2. The quantitative estimate of drug-likeness (QED) is 0.807. The number of aryl methyl sites for hydroxylation is 1. The van der Waals surface area contributed by atoms with E-state index < -0.39 is 0 Å². The third-order valence-electron chi connectivity index (χ3n) is 4.70. The summed E-state index contributed by atoms with van der Waals surface area (Å²) in [5.41, 5.74) is 2.59. The maximum absolute atomic E-state index is 12.2. The van der Waals surface area contributed by atoms with Gasteiger partial charge in [0.15, 0.2) is 0 Å². The Hall–Kier alpha value is -2.30. The molecule has 0 spiro atoms. The van der Waals surface area contributed by atoms with Crippen molar-refractivity contribution in [3.63, 3.8) is 0 Å². The summed E-state index contributed by atoms with van der Waals surface area (Å²) in [6.45, 7) is 2.46. The van der Waals surface area contributed by atoms with Gasteiger partial charge in [0.25, 0.3) is 5.56 Å². The first-order valence-electron chi connectivity index (χ1n) is 8.79. The number of carbonyl (C=O) groups is 1. The van der Waals surface area contributed by atoms with Crippen molar-refractivity contribution in [2.45, 2.75) is 51.5 Å². The summed E-state index contributed by atoms with van der Waals surface area (Å²) < 4.78 is 0. The Labute approximate surface area is 141 Å². The number of H-pyrrole nitrogens is 1. The number of benzene rings is 1. The van der Waals surface area contributed by atoms with E-state index in [1.54, 1.807) is 0 Å². The van der Waals surface area contributed by atoms with Crippen molar-refractivity contribution >= 4 is 16.9 Å². The Morgan fingerprint density at radius 1 is 1.21 bits per heavy atom. The lowest BCUT2D eigenvalue weighted by Crippen LogP contribution is -2.43. The highest BCUT2D eigenvalue weighted by Crippen LogP contribution is 2.17. The molecule has 0 bridgehead atoms. The van der Waals surface area contributed by atoms with Gasteiger partial charge in [0.1, 0.15) is 0 Å². The Bertz CT molecular complexity index is 776.